The Labute approximate surface area is 96.2 Å². The van der Waals surface area contributed by atoms with E-state index in [4.69, 9.17) is 4.42 Å². The predicted molar refractivity (Wildman–Crippen MR) is 61.6 cm³/mol. The highest BCUT2D eigenvalue weighted by Gasteiger charge is 2.36. The zero-order valence-electron chi connectivity index (χ0n) is 8.00. The van der Waals surface area contributed by atoms with Crippen molar-refractivity contribution in [1.82, 2.24) is 0 Å². The van der Waals surface area contributed by atoms with Gasteiger partial charge in [0.2, 0.25) is 0 Å². The average molecular weight is 277 g/mol. The van der Waals surface area contributed by atoms with E-state index in [-0.39, 0.29) is 0 Å². The lowest BCUT2D eigenvalue weighted by Gasteiger charge is -2.19. The third kappa shape index (κ3) is 2.35. The van der Waals surface area contributed by atoms with Crippen LogP contribution in [0.15, 0.2) is 21.2 Å². The van der Waals surface area contributed by atoms with E-state index in [0.29, 0.717) is 11.7 Å². The molecule has 0 radical (unpaired) electrons. The van der Waals surface area contributed by atoms with Gasteiger partial charge in [-0.2, -0.15) is 11.8 Å². The second kappa shape index (κ2) is 3.91. The maximum Gasteiger partial charge on any atom is 0.169 e. The Balaban J connectivity index is 2.03. The zero-order chi connectivity index (χ0) is 10.2. The number of hydrogen-bond donors (Lipinski definition) is 1. The van der Waals surface area contributed by atoms with Crippen LogP contribution < -0.4 is 0 Å². The van der Waals surface area contributed by atoms with Crippen molar-refractivity contribution in [3.8, 4) is 0 Å². The summed E-state index contributed by atoms with van der Waals surface area (Å²) >= 11 is 5.08. The van der Waals surface area contributed by atoms with E-state index in [1.54, 1.807) is 0 Å². The van der Waals surface area contributed by atoms with Gasteiger partial charge in [0, 0.05) is 17.4 Å². The van der Waals surface area contributed by atoms with Gasteiger partial charge in [-0.3, -0.25) is 0 Å². The Bertz CT molecular complexity index is 326. The molecule has 0 spiro atoms. The van der Waals surface area contributed by atoms with Crippen LogP contribution in [0, 0.1) is 0 Å². The van der Waals surface area contributed by atoms with E-state index < -0.39 is 5.60 Å². The highest BCUT2D eigenvalue weighted by molar-refractivity contribution is 9.10. The van der Waals surface area contributed by atoms with Crippen molar-refractivity contribution in [3.63, 3.8) is 0 Å². The standard InChI is InChI=1S/C10H13BrO2S/c1-7-4-10(12,6-14-7)5-8-2-3-9(11)13-8/h2-3,7,12H,4-6H2,1H3. The SMILES string of the molecule is CC1CC(O)(Cc2ccc(Br)o2)CS1. The summed E-state index contributed by atoms with van der Waals surface area (Å²) in [6.07, 6.45) is 1.48. The van der Waals surface area contributed by atoms with E-state index in [0.717, 1.165) is 22.6 Å². The van der Waals surface area contributed by atoms with Gasteiger partial charge in [0.05, 0.1) is 5.60 Å². The monoisotopic (exact) mass is 276 g/mol. The number of thioether (sulfide) groups is 1. The third-order valence-electron chi connectivity index (χ3n) is 2.44. The molecule has 1 N–H and O–H groups in total. The van der Waals surface area contributed by atoms with Crippen molar-refractivity contribution in [2.45, 2.75) is 30.6 Å². The van der Waals surface area contributed by atoms with Crippen LogP contribution in [0.2, 0.25) is 0 Å². The van der Waals surface area contributed by atoms with Gasteiger partial charge < -0.3 is 9.52 Å². The Morgan fingerprint density at radius 1 is 1.71 bits per heavy atom. The summed E-state index contributed by atoms with van der Waals surface area (Å²) in [5, 5.41) is 10.8. The quantitative estimate of drug-likeness (QED) is 0.902. The first-order valence-electron chi connectivity index (χ1n) is 4.66. The third-order valence-corrected chi connectivity index (χ3v) is 4.30. The van der Waals surface area contributed by atoms with Crippen LogP contribution in [0.5, 0.6) is 0 Å². The first-order chi connectivity index (χ1) is 6.57. The predicted octanol–water partition coefficient (Wildman–Crippen LogP) is 2.84. The Morgan fingerprint density at radius 2 is 2.50 bits per heavy atom. The van der Waals surface area contributed by atoms with Crippen molar-refractivity contribution >= 4 is 27.7 Å². The molecule has 14 heavy (non-hydrogen) atoms. The largest absolute Gasteiger partial charge is 0.454 e. The van der Waals surface area contributed by atoms with Gasteiger partial charge in [-0.15, -0.1) is 0 Å². The van der Waals surface area contributed by atoms with Crippen LogP contribution in [0.3, 0.4) is 0 Å². The Morgan fingerprint density at radius 3 is 3.00 bits per heavy atom. The van der Waals surface area contributed by atoms with Gasteiger partial charge in [-0.1, -0.05) is 6.92 Å². The maximum absolute atomic E-state index is 10.2. The van der Waals surface area contributed by atoms with Crippen LogP contribution in [0.4, 0.5) is 0 Å². The van der Waals surface area contributed by atoms with Crippen molar-refractivity contribution in [2.75, 3.05) is 5.75 Å². The molecule has 0 amide bonds. The number of furan rings is 1. The minimum Gasteiger partial charge on any atom is -0.454 e. The van der Waals surface area contributed by atoms with Gasteiger partial charge in [0.15, 0.2) is 4.67 Å². The van der Waals surface area contributed by atoms with E-state index in [1.165, 1.54) is 0 Å². The number of hydrogen-bond acceptors (Lipinski definition) is 3. The van der Waals surface area contributed by atoms with Crippen LogP contribution >= 0.6 is 27.7 Å². The summed E-state index contributed by atoms with van der Waals surface area (Å²) in [5.41, 5.74) is -0.568. The fraction of sp³-hybridized carbons (Fsp3) is 0.600. The summed E-state index contributed by atoms with van der Waals surface area (Å²) in [4.78, 5) is 0. The molecule has 4 heteroatoms. The molecular weight excluding hydrogens is 264 g/mol. The highest BCUT2D eigenvalue weighted by atomic mass is 79.9. The van der Waals surface area contributed by atoms with Crippen LogP contribution in [0.25, 0.3) is 0 Å². The van der Waals surface area contributed by atoms with Gasteiger partial charge in [0.1, 0.15) is 5.76 Å². The fourth-order valence-corrected chi connectivity index (χ4v) is 3.43. The normalized spacial score (nSPS) is 32.4. The Hall–Kier alpha value is 0.0700. The number of rotatable bonds is 2. The molecule has 2 heterocycles. The van der Waals surface area contributed by atoms with Crippen molar-refractivity contribution in [3.05, 3.63) is 22.6 Å². The molecule has 0 bridgehead atoms. The molecule has 1 aliphatic heterocycles. The lowest BCUT2D eigenvalue weighted by Crippen LogP contribution is -2.31. The van der Waals surface area contributed by atoms with Crippen LogP contribution in [-0.2, 0) is 6.42 Å². The van der Waals surface area contributed by atoms with Crippen LogP contribution in [-0.4, -0.2) is 21.7 Å². The summed E-state index contributed by atoms with van der Waals surface area (Å²) in [6.45, 7) is 2.15. The van der Waals surface area contributed by atoms with E-state index in [1.807, 2.05) is 23.9 Å². The molecule has 1 aromatic rings. The van der Waals surface area contributed by atoms with E-state index in [2.05, 4.69) is 22.9 Å². The lowest BCUT2D eigenvalue weighted by atomic mass is 9.95. The molecule has 1 fully saturated rings. The molecule has 1 saturated heterocycles. The molecule has 1 aromatic heterocycles. The minimum atomic E-state index is -0.568. The van der Waals surface area contributed by atoms with Crippen molar-refractivity contribution in [2.24, 2.45) is 0 Å². The maximum atomic E-state index is 10.2. The first kappa shape index (κ1) is 10.6. The van der Waals surface area contributed by atoms with Gasteiger partial charge in [-0.05, 0) is 34.5 Å². The molecule has 2 nitrogen and oxygen atoms in total. The van der Waals surface area contributed by atoms with E-state index >= 15 is 0 Å². The molecule has 0 aliphatic carbocycles. The summed E-state index contributed by atoms with van der Waals surface area (Å²) in [7, 11) is 0. The second-order valence-corrected chi connectivity index (χ2v) is 6.14. The molecule has 2 atom stereocenters. The van der Waals surface area contributed by atoms with Gasteiger partial charge >= 0.3 is 0 Å². The molecule has 2 rings (SSSR count). The number of aliphatic hydroxyl groups is 1. The minimum absolute atomic E-state index is 0.554. The van der Waals surface area contributed by atoms with Gasteiger partial charge in [0.25, 0.3) is 0 Å². The molecule has 0 aromatic carbocycles. The topological polar surface area (TPSA) is 33.4 Å². The second-order valence-electron chi connectivity index (χ2n) is 3.93. The molecule has 2 unspecified atom stereocenters. The highest BCUT2D eigenvalue weighted by Crippen LogP contribution is 2.36. The fourth-order valence-electron chi connectivity index (χ4n) is 1.84. The summed E-state index contributed by atoms with van der Waals surface area (Å²) < 4.78 is 6.12. The average Bonchev–Trinajstić information content (AvgIpc) is 2.60. The number of halogens is 1. The first-order valence-corrected chi connectivity index (χ1v) is 6.50. The van der Waals surface area contributed by atoms with E-state index in [9.17, 15) is 5.11 Å². The van der Waals surface area contributed by atoms with Crippen molar-refractivity contribution in [1.29, 1.82) is 0 Å². The van der Waals surface area contributed by atoms with Crippen molar-refractivity contribution < 1.29 is 9.52 Å². The Kier molecular flexibility index (Phi) is 2.96. The summed E-state index contributed by atoms with van der Waals surface area (Å²) in [5.74, 6) is 1.67. The van der Waals surface area contributed by atoms with Gasteiger partial charge in [-0.25, -0.2) is 0 Å². The lowest BCUT2D eigenvalue weighted by molar-refractivity contribution is 0.0587. The molecular formula is C10H13BrO2S. The smallest absolute Gasteiger partial charge is 0.169 e. The molecule has 1 aliphatic rings. The zero-order valence-corrected chi connectivity index (χ0v) is 10.4. The molecule has 78 valence electrons. The molecule has 0 saturated carbocycles. The van der Waals surface area contributed by atoms with Crippen LogP contribution in [0.1, 0.15) is 19.1 Å². The summed E-state index contributed by atoms with van der Waals surface area (Å²) in [6, 6.07) is 3.78.